The van der Waals surface area contributed by atoms with E-state index < -0.39 is 16.1 Å². The van der Waals surface area contributed by atoms with Crippen molar-refractivity contribution in [2.24, 2.45) is 0 Å². The molecule has 7 heteroatoms. The van der Waals surface area contributed by atoms with Gasteiger partial charge in [-0.1, -0.05) is 12.1 Å². The zero-order chi connectivity index (χ0) is 13.6. The van der Waals surface area contributed by atoms with Crippen molar-refractivity contribution in [2.45, 2.75) is 11.0 Å². The van der Waals surface area contributed by atoms with Crippen molar-refractivity contribution in [2.75, 3.05) is 32.6 Å². The Kier molecular flexibility index (Phi) is 5.54. The molecule has 102 valence electrons. The fourth-order valence-electron chi connectivity index (χ4n) is 1.44. The largest absolute Gasteiger partial charge is 0.389 e. The number of nitrogens with one attached hydrogen (secondary N) is 2. The van der Waals surface area contributed by atoms with E-state index in [-0.39, 0.29) is 18.0 Å². The van der Waals surface area contributed by atoms with Gasteiger partial charge in [-0.25, -0.2) is 13.1 Å². The first-order valence-corrected chi connectivity index (χ1v) is 6.93. The first-order chi connectivity index (χ1) is 8.51. The van der Waals surface area contributed by atoms with Crippen LogP contribution >= 0.6 is 0 Å². The topological polar surface area (TPSA) is 87.7 Å². The second-order valence-corrected chi connectivity index (χ2v) is 5.55. The number of aliphatic hydroxyl groups is 1. The van der Waals surface area contributed by atoms with E-state index in [4.69, 9.17) is 4.74 Å². The van der Waals surface area contributed by atoms with Crippen LogP contribution in [0, 0.1) is 0 Å². The highest BCUT2D eigenvalue weighted by atomic mass is 32.2. The average Bonchev–Trinajstić information content (AvgIpc) is 2.37. The van der Waals surface area contributed by atoms with Crippen LogP contribution in [0.25, 0.3) is 0 Å². The third-order valence-corrected chi connectivity index (χ3v) is 3.80. The highest BCUT2D eigenvalue weighted by Crippen LogP contribution is 2.20. The number of benzene rings is 1. The maximum absolute atomic E-state index is 11.8. The van der Waals surface area contributed by atoms with Gasteiger partial charge in [0, 0.05) is 13.7 Å². The Morgan fingerprint density at radius 1 is 1.39 bits per heavy atom. The van der Waals surface area contributed by atoms with E-state index >= 15 is 0 Å². The van der Waals surface area contributed by atoms with Crippen molar-refractivity contribution in [3.63, 3.8) is 0 Å². The smallest absolute Gasteiger partial charge is 0.242 e. The average molecular weight is 274 g/mol. The highest BCUT2D eigenvalue weighted by Gasteiger charge is 2.16. The van der Waals surface area contributed by atoms with Gasteiger partial charge in [0.05, 0.1) is 18.4 Å². The van der Waals surface area contributed by atoms with Crippen molar-refractivity contribution < 1.29 is 18.3 Å². The summed E-state index contributed by atoms with van der Waals surface area (Å²) in [7, 11) is -0.673. The maximum atomic E-state index is 11.8. The van der Waals surface area contributed by atoms with Crippen molar-refractivity contribution in [1.82, 2.24) is 4.72 Å². The van der Waals surface area contributed by atoms with Gasteiger partial charge in [0.25, 0.3) is 0 Å². The summed E-state index contributed by atoms with van der Waals surface area (Å²) in [5.74, 6) is 0. The van der Waals surface area contributed by atoms with Gasteiger partial charge in [0.15, 0.2) is 0 Å². The summed E-state index contributed by atoms with van der Waals surface area (Å²) in [5, 5.41) is 12.4. The van der Waals surface area contributed by atoms with Crippen LogP contribution in [-0.4, -0.2) is 46.9 Å². The van der Waals surface area contributed by atoms with E-state index in [2.05, 4.69) is 10.0 Å². The van der Waals surface area contributed by atoms with E-state index in [9.17, 15) is 13.5 Å². The summed E-state index contributed by atoms with van der Waals surface area (Å²) in [4.78, 5) is 0.150. The van der Waals surface area contributed by atoms with Crippen LogP contribution in [0.5, 0.6) is 0 Å². The number of para-hydroxylation sites is 1. The Balaban J connectivity index is 2.84. The molecular formula is C11H18N2O4S. The molecule has 0 aliphatic heterocycles. The van der Waals surface area contributed by atoms with Crippen LogP contribution in [0.1, 0.15) is 0 Å². The molecule has 1 aromatic rings. The molecule has 0 spiro atoms. The third kappa shape index (κ3) is 3.95. The second-order valence-electron chi connectivity index (χ2n) is 3.69. The van der Waals surface area contributed by atoms with Crippen molar-refractivity contribution in [1.29, 1.82) is 0 Å². The Morgan fingerprint density at radius 2 is 2.06 bits per heavy atom. The minimum absolute atomic E-state index is 0.150. The summed E-state index contributed by atoms with van der Waals surface area (Å²) in [5.41, 5.74) is 0.446. The number of ether oxygens (including phenoxy) is 1. The van der Waals surface area contributed by atoms with Crippen LogP contribution < -0.4 is 10.0 Å². The number of anilines is 1. The van der Waals surface area contributed by atoms with E-state index in [1.165, 1.54) is 20.2 Å². The van der Waals surface area contributed by atoms with Gasteiger partial charge in [-0.3, -0.25) is 0 Å². The van der Waals surface area contributed by atoms with Gasteiger partial charge in [-0.2, -0.15) is 0 Å². The van der Waals surface area contributed by atoms with Crippen LogP contribution in [0.15, 0.2) is 29.2 Å². The molecule has 1 aromatic carbocycles. The normalized spacial score (nSPS) is 13.3. The molecule has 1 rings (SSSR count). The van der Waals surface area contributed by atoms with Gasteiger partial charge in [-0.05, 0) is 19.2 Å². The molecule has 0 heterocycles. The molecule has 0 amide bonds. The van der Waals surface area contributed by atoms with Gasteiger partial charge in [0.2, 0.25) is 10.0 Å². The molecule has 0 bridgehead atoms. The first kappa shape index (κ1) is 14.9. The quantitative estimate of drug-likeness (QED) is 0.652. The Hall–Kier alpha value is -1.15. The van der Waals surface area contributed by atoms with Gasteiger partial charge in [-0.15, -0.1) is 0 Å². The van der Waals surface area contributed by atoms with Crippen LogP contribution in [-0.2, 0) is 14.8 Å². The molecule has 6 nitrogen and oxygen atoms in total. The molecule has 0 radical (unpaired) electrons. The molecule has 0 fully saturated rings. The lowest BCUT2D eigenvalue weighted by Crippen LogP contribution is -2.26. The molecule has 0 saturated heterocycles. The molecular weight excluding hydrogens is 256 g/mol. The Labute approximate surface area is 107 Å². The SMILES string of the molecule is CNS(=O)(=O)c1ccccc1NCC(O)COC. The van der Waals surface area contributed by atoms with E-state index in [0.29, 0.717) is 5.69 Å². The third-order valence-electron chi connectivity index (χ3n) is 2.33. The van der Waals surface area contributed by atoms with Crippen molar-refractivity contribution in [3.8, 4) is 0 Å². The zero-order valence-electron chi connectivity index (χ0n) is 10.4. The van der Waals surface area contributed by atoms with E-state index in [1.54, 1.807) is 18.2 Å². The summed E-state index contributed by atoms with van der Waals surface area (Å²) >= 11 is 0. The molecule has 1 unspecified atom stereocenters. The number of methoxy groups -OCH3 is 1. The Bertz CT molecular complexity index is 476. The summed E-state index contributed by atoms with van der Waals surface area (Å²) in [6.07, 6.45) is -0.694. The van der Waals surface area contributed by atoms with E-state index in [0.717, 1.165) is 0 Å². The predicted molar refractivity (Wildman–Crippen MR) is 69.1 cm³/mol. The monoisotopic (exact) mass is 274 g/mol. The molecule has 0 saturated carbocycles. The minimum atomic E-state index is -3.51. The summed E-state index contributed by atoms with van der Waals surface area (Å²) in [6.45, 7) is 0.401. The fraction of sp³-hybridized carbons (Fsp3) is 0.455. The fourth-order valence-corrected chi connectivity index (χ4v) is 2.34. The van der Waals surface area contributed by atoms with Crippen LogP contribution in [0.2, 0.25) is 0 Å². The number of rotatable bonds is 7. The molecule has 1 atom stereocenters. The minimum Gasteiger partial charge on any atom is -0.389 e. The molecule has 0 aromatic heterocycles. The molecule has 3 N–H and O–H groups in total. The van der Waals surface area contributed by atoms with Crippen molar-refractivity contribution in [3.05, 3.63) is 24.3 Å². The molecule has 18 heavy (non-hydrogen) atoms. The van der Waals surface area contributed by atoms with Crippen LogP contribution in [0.3, 0.4) is 0 Å². The van der Waals surface area contributed by atoms with Crippen LogP contribution in [0.4, 0.5) is 5.69 Å². The maximum Gasteiger partial charge on any atom is 0.242 e. The highest BCUT2D eigenvalue weighted by molar-refractivity contribution is 7.89. The van der Waals surface area contributed by atoms with Crippen molar-refractivity contribution >= 4 is 15.7 Å². The first-order valence-electron chi connectivity index (χ1n) is 5.44. The second kappa shape index (κ2) is 6.69. The van der Waals surface area contributed by atoms with E-state index in [1.807, 2.05) is 0 Å². The lowest BCUT2D eigenvalue weighted by molar-refractivity contribution is 0.0727. The lowest BCUT2D eigenvalue weighted by Gasteiger charge is -2.14. The summed E-state index contributed by atoms with van der Waals surface area (Å²) < 4.78 is 30.6. The van der Waals surface area contributed by atoms with Gasteiger partial charge < -0.3 is 15.2 Å². The van der Waals surface area contributed by atoms with Gasteiger partial charge in [0.1, 0.15) is 4.90 Å². The summed E-state index contributed by atoms with van der Waals surface area (Å²) in [6, 6.07) is 6.50. The standard InChI is InChI=1S/C11H18N2O4S/c1-12-18(15,16)11-6-4-3-5-10(11)13-7-9(14)8-17-2/h3-6,9,12-14H,7-8H2,1-2H3. The predicted octanol–water partition coefficient (Wildman–Crippen LogP) is 0.0139. The Morgan fingerprint density at radius 3 is 2.67 bits per heavy atom. The number of aliphatic hydroxyl groups excluding tert-OH is 1. The number of hydrogen-bond acceptors (Lipinski definition) is 5. The number of hydrogen-bond donors (Lipinski definition) is 3. The van der Waals surface area contributed by atoms with Gasteiger partial charge >= 0.3 is 0 Å². The lowest BCUT2D eigenvalue weighted by atomic mass is 10.3. The molecule has 0 aliphatic carbocycles. The zero-order valence-corrected chi connectivity index (χ0v) is 11.2. The number of sulfonamides is 1. The molecule has 0 aliphatic rings.